The molecular weight excluding hydrogens is 304 g/mol. The second kappa shape index (κ2) is 7.09. The van der Waals surface area contributed by atoms with Gasteiger partial charge in [0.05, 0.1) is 17.7 Å². The van der Waals surface area contributed by atoms with Crippen molar-refractivity contribution in [2.24, 2.45) is 0 Å². The molecule has 0 aromatic heterocycles. The molecule has 0 saturated carbocycles. The van der Waals surface area contributed by atoms with Gasteiger partial charge in [0.1, 0.15) is 12.4 Å². The Hall–Kier alpha value is -2.33. The van der Waals surface area contributed by atoms with E-state index >= 15 is 0 Å². The van der Waals surface area contributed by atoms with Gasteiger partial charge in [0.2, 0.25) is 0 Å². The number of hydrogen-bond acceptors (Lipinski definition) is 4. The molecular formula is C17H15ClO4. The number of ether oxygens (including phenoxy) is 2. The quantitative estimate of drug-likeness (QED) is 0.619. The van der Waals surface area contributed by atoms with E-state index in [-0.39, 0.29) is 11.8 Å². The molecule has 0 amide bonds. The van der Waals surface area contributed by atoms with Gasteiger partial charge in [-0.05, 0) is 42.8 Å². The van der Waals surface area contributed by atoms with Crippen LogP contribution in [0.5, 0.6) is 5.75 Å². The minimum absolute atomic E-state index is 0.0880. The van der Waals surface area contributed by atoms with Gasteiger partial charge in [-0.15, -0.1) is 0 Å². The third-order valence-electron chi connectivity index (χ3n) is 3.10. The molecule has 4 nitrogen and oxygen atoms in total. The minimum atomic E-state index is -0.376. The predicted molar refractivity (Wildman–Crippen MR) is 83.6 cm³/mol. The van der Waals surface area contributed by atoms with Crippen LogP contribution in [-0.4, -0.2) is 18.9 Å². The number of Topliss-reactive ketones (excluding diaryl/α,β-unsaturated/α-hetero) is 1. The molecule has 0 radical (unpaired) electrons. The van der Waals surface area contributed by atoms with Crippen LogP contribution in [-0.2, 0) is 11.3 Å². The summed E-state index contributed by atoms with van der Waals surface area (Å²) in [5.41, 5.74) is 1.86. The first-order valence-electron chi connectivity index (χ1n) is 6.62. The van der Waals surface area contributed by atoms with Gasteiger partial charge in [0.25, 0.3) is 0 Å². The van der Waals surface area contributed by atoms with E-state index in [1.165, 1.54) is 14.0 Å². The van der Waals surface area contributed by atoms with Crippen LogP contribution in [0.1, 0.15) is 33.2 Å². The number of benzene rings is 2. The molecule has 5 heteroatoms. The summed E-state index contributed by atoms with van der Waals surface area (Å²) in [4.78, 5) is 22.6. The van der Waals surface area contributed by atoms with Gasteiger partial charge in [-0.3, -0.25) is 4.79 Å². The van der Waals surface area contributed by atoms with Crippen molar-refractivity contribution >= 4 is 23.4 Å². The normalized spacial score (nSPS) is 10.1. The van der Waals surface area contributed by atoms with Crippen molar-refractivity contribution in [3.63, 3.8) is 0 Å². The highest BCUT2D eigenvalue weighted by atomic mass is 35.5. The Morgan fingerprint density at radius 3 is 2.32 bits per heavy atom. The van der Waals surface area contributed by atoms with E-state index in [1.54, 1.807) is 42.5 Å². The van der Waals surface area contributed by atoms with E-state index in [0.717, 1.165) is 5.56 Å². The summed E-state index contributed by atoms with van der Waals surface area (Å²) in [7, 11) is 1.34. The van der Waals surface area contributed by atoms with E-state index in [4.69, 9.17) is 16.3 Å². The Morgan fingerprint density at radius 2 is 1.77 bits per heavy atom. The Labute approximate surface area is 133 Å². The second-order valence-corrected chi connectivity index (χ2v) is 5.08. The van der Waals surface area contributed by atoms with E-state index in [0.29, 0.717) is 28.5 Å². The van der Waals surface area contributed by atoms with Crippen LogP contribution in [0.15, 0.2) is 42.5 Å². The van der Waals surface area contributed by atoms with Gasteiger partial charge in [-0.2, -0.15) is 0 Å². The summed E-state index contributed by atoms with van der Waals surface area (Å²) in [6.45, 7) is 1.79. The number of carbonyl (C=O) groups is 2. The van der Waals surface area contributed by atoms with Crippen LogP contribution in [0.4, 0.5) is 0 Å². The number of ketones is 1. The molecule has 0 heterocycles. The van der Waals surface area contributed by atoms with E-state index in [2.05, 4.69) is 4.74 Å². The smallest absolute Gasteiger partial charge is 0.337 e. The summed E-state index contributed by atoms with van der Waals surface area (Å²) in [6.07, 6.45) is 0. The van der Waals surface area contributed by atoms with Crippen LogP contribution in [0, 0.1) is 0 Å². The van der Waals surface area contributed by atoms with Gasteiger partial charge in [-0.1, -0.05) is 23.7 Å². The number of hydrogen-bond donors (Lipinski definition) is 0. The fourth-order valence-corrected chi connectivity index (χ4v) is 2.20. The van der Waals surface area contributed by atoms with E-state index < -0.39 is 0 Å². The summed E-state index contributed by atoms with van der Waals surface area (Å²) in [5, 5.41) is 0.367. The van der Waals surface area contributed by atoms with Crippen molar-refractivity contribution in [1.82, 2.24) is 0 Å². The number of esters is 1. The fourth-order valence-electron chi connectivity index (χ4n) is 1.89. The molecule has 0 atom stereocenters. The van der Waals surface area contributed by atoms with Crippen molar-refractivity contribution in [2.75, 3.05) is 7.11 Å². The van der Waals surface area contributed by atoms with Crippen LogP contribution < -0.4 is 4.74 Å². The van der Waals surface area contributed by atoms with Crippen LogP contribution >= 0.6 is 11.6 Å². The lowest BCUT2D eigenvalue weighted by atomic mass is 10.1. The molecule has 0 bridgehead atoms. The van der Waals surface area contributed by atoms with Gasteiger partial charge in [-0.25, -0.2) is 4.79 Å². The zero-order valence-electron chi connectivity index (χ0n) is 12.3. The molecule has 2 aromatic rings. The molecule has 22 heavy (non-hydrogen) atoms. The van der Waals surface area contributed by atoms with Crippen molar-refractivity contribution in [2.45, 2.75) is 13.5 Å². The third-order valence-corrected chi connectivity index (χ3v) is 3.41. The van der Waals surface area contributed by atoms with Crippen molar-refractivity contribution in [1.29, 1.82) is 0 Å². The number of rotatable bonds is 5. The lowest BCUT2D eigenvalue weighted by molar-refractivity contribution is 0.0600. The second-order valence-electron chi connectivity index (χ2n) is 4.68. The van der Waals surface area contributed by atoms with Crippen molar-refractivity contribution in [3.8, 4) is 5.75 Å². The van der Waals surface area contributed by atoms with E-state index in [9.17, 15) is 9.59 Å². The molecule has 2 aromatic carbocycles. The highest BCUT2D eigenvalue weighted by molar-refractivity contribution is 6.34. The highest BCUT2D eigenvalue weighted by Crippen LogP contribution is 2.23. The fraction of sp³-hybridized carbons (Fsp3) is 0.176. The Kier molecular flexibility index (Phi) is 5.17. The topological polar surface area (TPSA) is 52.6 Å². The average Bonchev–Trinajstić information content (AvgIpc) is 2.52. The van der Waals surface area contributed by atoms with Gasteiger partial charge in [0, 0.05) is 5.56 Å². The zero-order valence-corrected chi connectivity index (χ0v) is 13.0. The molecule has 0 N–H and O–H groups in total. The molecule has 0 aliphatic rings. The monoisotopic (exact) mass is 318 g/mol. The summed E-state index contributed by atoms with van der Waals surface area (Å²) >= 11 is 6.03. The van der Waals surface area contributed by atoms with Crippen LogP contribution in [0.3, 0.4) is 0 Å². The number of carbonyl (C=O) groups excluding carboxylic acids is 2. The van der Waals surface area contributed by atoms with Gasteiger partial charge < -0.3 is 9.47 Å². The lowest BCUT2D eigenvalue weighted by Crippen LogP contribution is -2.02. The number of halogens is 1. The molecule has 0 fully saturated rings. The van der Waals surface area contributed by atoms with E-state index in [1.807, 2.05) is 0 Å². The first-order chi connectivity index (χ1) is 10.5. The first kappa shape index (κ1) is 16.0. The van der Waals surface area contributed by atoms with Gasteiger partial charge in [0.15, 0.2) is 5.78 Å². The molecule has 0 unspecified atom stereocenters. The summed E-state index contributed by atoms with van der Waals surface area (Å²) < 4.78 is 10.3. The maximum atomic E-state index is 11.3. The molecule has 0 aliphatic carbocycles. The van der Waals surface area contributed by atoms with Crippen molar-refractivity contribution in [3.05, 3.63) is 64.2 Å². The molecule has 114 valence electrons. The highest BCUT2D eigenvalue weighted by Gasteiger charge is 2.08. The molecule has 0 saturated heterocycles. The lowest BCUT2D eigenvalue weighted by Gasteiger charge is -2.08. The Balaban J connectivity index is 2.02. The SMILES string of the molecule is COC(=O)c1ccc(COc2ccc(C(C)=O)c(Cl)c2)cc1. The maximum absolute atomic E-state index is 11.3. The molecule has 0 spiro atoms. The standard InChI is InChI=1S/C17H15ClO4/c1-11(19)15-8-7-14(9-16(15)18)22-10-12-3-5-13(6-4-12)17(20)21-2/h3-9H,10H2,1-2H3. The third kappa shape index (κ3) is 3.86. The molecule has 0 aliphatic heterocycles. The Bertz CT molecular complexity index is 692. The zero-order chi connectivity index (χ0) is 16.1. The maximum Gasteiger partial charge on any atom is 0.337 e. The molecule has 2 rings (SSSR count). The van der Waals surface area contributed by atoms with Gasteiger partial charge >= 0.3 is 5.97 Å². The minimum Gasteiger partial charge on any atom is -0.489 e. The van der Waals surface area contributed by atoms with Crippen LogP contribution in [0.2, 0.25) is 5.02 Å². The summed E-state index contributed by atoms with van der Waals surface area (Å²) in [5.74, 6) is 0.112. The summed E-state index contributed by atoms with van der Waals surface area (Å²) in [6, 6.07) is 11.9. The number of methoxy groups -OCH3 is 1. The largest absolute Gasteiger partial charge is 0.489 e. The van der Waals surface area contributed by atoms with Crippen LogP contribution in [0.25, 0.3) is 0 Å². The Morgan fingerprint density at radius 1 is 1.09 bits per heavy atom. The predicted octanol–water partition coefficient (Wildman–Crippen LogP) is 3.91. The first-order valence-corrected chi connectivity index (χ1v) is 6.99. The average molecular weight is 319 g/mol. The van der Waals surface area contributed by atoms with Crippen molar-refractivity contribution < 1.29 is 19.1 Å².